The minimum absolute atomic E-state index is 0.250. The molecule has 5 nitrogen and oxygen atoms in total. The van der Waals surface area contributed by atoms with Crippen LogP contribution in [0.15, 0.2) is 88.8 Å². The Bertz CT molecular complexity index is 1190. The quantitative estimate of drug-likeness (QED) is 0.601. The third kappa shape index (κ3) is 4.98. The maximum Gasteiger partial charge on any atom is 0.176 e. The number of hydrogen-bond donors (Lipinski definition) is 1. The van der Waals surface area contributed by atoms with E-state index < -0.39 is 15.6 Å². The van der Waals surface area contributed by atoms with E-state index in [1.807, 2.05) is 47.4 Å². The van der Waals surface area contributed by atoms with Crippen molar-refractivity contribution in [2.75, 3.05) is 17.7 Å². The first kappa shape index (κ1) is 21.6. The van der Waals surface area contributed by atoms with Crippen LogP contribution >= 0.6 is 11.6 Å². The summed E-state index contributed by atoms with van der Waals surface area (Å²) in [7, 11) is -3.29. The van der Waals surface area contributed by atoms with Crippen LogP contribution in [0.5, 0.6) is 0 Å². The normalized spacial score (nSPS) is 18.8. The second-order valence-corrected chi connectivity index (χ2v) is 10.2. The first-order chi connectivity index (χ1) is 14.7. The summed E-state index contributed by atoms with van der Waals surface area (Å²) in [5.41, 5.74) is 1.46. The van der Waals surface area contributed by atoms with Gasteiger partial charge in [-0.1, -0.05) is 41.9 Å². The Morgan fingerprint density at radius 1 is 1.00 bits per heavy atom. The number of rotatable bonds is 6. The predicted octanol–water partition coefficient (Wildman–Crippen LogP) is 4.33. The molecule has 4 rings (SSSR count). The zero-order valence-electron chi connectivity index (χ0n) is 17.1. The number of sulfone groups is 1. The third-order valence-corrected chi connectivity index (χ3v) is 6.70. The molecule has 0 aromatic heterocycles. The van der Waals surface area contributed by atoms with Crippen molar-refractivity contribution in [3.63, 3.8) is 0 Å². The van der Waals surface area contributed by atoms with Crippen molar-refractivity contribution in [3.05, 3.63) is 95.0 Å². The fourth-order valence-corrected chi connectivity index (χ4v) is 4.41. The second-order valence-electron chi connectivity index (χ2n) is 7.76. The minimum atomic E-state index is -3.29. The lowest BCUT2D eigenvalue weighted by atomic mass is 10.0. The van der Waals surface area contributed by atoms with Gasteiger partial charge in [0.1, 0.15) is 5.84 Å². The summed E-state index contributed by atoms with van der Waals surface area (Å²) in [5.74, 6) is 0.624. The highest BCUT2D eigenvalue weighted by Gasteiger charge is 2.38. The van der Waals surface area contributed by atoms with Gasteiger partial charge in [0.25, 0.3) is 0 Å². The molecule has 0 fully saturated rings. The van der Waals surface area contributed by atoms with Gasteiger partial charge >= 0.3 is 0 Å². The lowest BCUT2D eigenvalue weighted by Gasteiger charge is -2.24. The number of benzene rings is 3. The largest absolute Gasteiger partial charge is 0.368 e. The fourth-order valence-electron chi connectivity index (χ4n) is 3.65. The van der Waals surface area contributed by atoms with Gasteiger partial charge in [-0.3, -0.25) is 0 Å². The van der Waals surface area contributed by atoms with Gasteiger partial charge in [0.15, 0.2) is 15.6 Å². The van der Waals surface area contributed by atoms with Gasteiger partial charge in [0.2, 0.25) is 0 Å². The van der Waals surface area contributed by atoms with Gasteiger partial charge in [0.05, 0.1) is 11.4 Å². The maximum absolute atomic E-state index is 11.8. The van der Waals surface area contributed by atoms with Crippen LogP contribution < -0.4 is 4.90 Å². The molecule has 0 saturated heterocycles. The first-order valence-corrected chi connectivity index (χ1v) is 12.2. The zero-order chi connectivity index (χ0) is 22.1. The van der Waals surface area contributed by atoms with Gasteiger partial charge in [-0.2, -0.15) is 0 Å². The van der Waals surface area contributed by atoms with Crippen molar-refractivity contribution < 1.29 is 13.5 Å². The van der Waals surface area contributed by atoms with Crippen LogP contribution in [0.2, 0.25) is 5.02 Å². The van der Waals surface area contributed by atoms with Crippen LogP contribution in [0.1, 0.15) is 17.5 Å². The zero-order valence-corrected chi connectivity index (χ0v) is 18.6. The molecule has 0 radical (unpaired) electrons. The number of halogens is 1. The SMILES string of the molecule is CS(=O)(=O)c1ccc(N2CC(O)(CCc3ccccc3)N=C2c2ccc(Cl)cc2)cc1. The Balaban J connectivity index is 1.66. The van der Waals surface area contributed by atoms with Crippen LogP contribution in [-0.2, 0) is 16.3 Å². The standard InChI is InChI=1S/C24H23ClN2O3S/c1-31(29,30)22-13-11-21(12-14-22)27-17-24(28,16-15-18-5-3-2-4-6-18)26-23(27)19-7-9-20(25)10-8-19/h2-14,28H,15-17H2,1H3. The van der Waals surface area contributed by atoms with Gasteiger partial charge in [-0.05, 0) is 60.5 Å². The molecule has 3 aromatic rings. The van der Waals surface area contributed by atoms with Crippen molar-refractivity contribution in [2.45, 2.75) is 23.5 Å². The average molecular weight is 455 g/mol. The Labute approximate surface area is 187 Å². The monoisotopic (exact) mass is 454 g/mol. The molecule has 1 N–H and O–H groups in total. The molecule has 0 aliphatic carbocycles. The first-order valence-electron chi connectivity index (χ1n) is 9.93. The van der Waals surface area contributed by atoms with Crippen molar-refractivity contribution in [3.8, 4) is 0 Å². The number of anilines is 1. The highest BCUT2D eigenvalue weighted by atomic mass is 35.5. The van der Waals surface area contributed by atoms with E-state index in [0.29, 0.717) is 23.7 Å². The Morgan fingerprint density at radius 3 is 2.26 bits per heavy atom. The highest BCUT2D eigenvalue weighted by molar-refractivity contribution is 7.90. The molecular formula is C24H23ClN2O3S. The van der Waals surface area contributed by atoms with E-state index in [1.54, 1.807) is 36.4 Å². The van der Waals surface area contributed by atoms with E-state index in [2.05, 4.69) is 0 Å². The second kappa shape index (κ2) is 8.46. The van der Waals surface area contributed by atoms with Gasteiger partial charge in [0, 0.05) is 29.0 Å². The minimum Gasteiger partial charge on any atom is -0.368 e. The summed E-state index contributed by atoms with van der Waals surface area (Å²) in [4.78, 5) is 6.87. The number of amidine groups is 1. The summed E-state index contributed by atoms with van der Waals surface area (Å²) < 4.78 is 23.6. The van der Waals surface area contributed by atoms with Crippen LogP contribution in [-0.4, -0.2) is 37.9 Å². The van der Waals surface area contributed by atoms with Gasteiger partial charge < -0.3 is 10.0 Å². The molecule has 7 heteroatoms. The van der Waals surface area contributed by atoms with Gasteiger partial charge in [-0.15, -0.1) is 0 Å². The summed E-state index contributed by atoms with van der Waals surface area (Å²) in [6.45, 7) is 0.274. The topological polar surface area (TPSA) is 70.0 Å². The summed E-state index contributed by atoms with van der Waals surface area (Å²) in [6, 6.07) is 23.9. The van der Waals surface area contributed by atoms with E-state index in [4.69, 9.17) is 16.6 Å². The number of aliphatic hydroxyl groups is 1. The average Bonchev–Trinajstić information content (AvgIpc) is 3.11. The molecule has 0 bridgehead atoms. The molecule has 3 aromatic carbocycles. The van der Waals surface area contributed by atoms with Crippen LogP contribution in [0.4, 0.5) is 5.69 Å². The molecule has 1 heterocycles. The predicted molar refractivity (Wildman–Crippen MR) is 125 cm³/mol. The molecule has 1 unspecified atom stereocenters. The fraction of sp³-hybridized carbons (Fsp3) is 0.208. The molecule has 0 saturated carbocycles. The third-order valence-electron chi connectivity index (χ3n) is 5.32. The Hall–Kier alpha value is -2.67. The molecule has 1 aliphatic rings. The summed E-state index contributed by atoms with van der Waals surface area (Å²) in [6.07, 6.45) is 2.34. The van der Waals surface area contributed by atoms with Crippen molar-refractivity contribution in [2.24, 2.45) is 4.99 Å². The number of β-amino-alcohol motifs (C(OH)–C–C–N with tert-alkyl or cyclic N) is 1. The van der Waals surface area contributed by atoms with E-state index >= 15 is 0 Å². The summed E-state index contributed by atoms with van der Waals surface area (Å²) in [5, 5.41) is 11.9. The lowest BCUT2D eigenvalue weighted by Crippen LogP contribution is -2.36. The number of hydrogen-bond acceptors (Lipinski definition) is 5. The van der Waals surface area contributed by atoms with Crippen LogP contribution in [0, 0.1) is 0 Å². The molecule has 1 atom stereocenters. The van der Waals surface area contributed by atoms with E-state index in [0.717, 1.165) is 16.8 Å². The van der Waals surface area contributed by atoms with Crippen LogP contribution in [0.3, 0.4) is 0 Å². The smallest absolute Gasteiger partial charge is 0.176 e. The lowest BCUT2D eigenvalue weighted by molar-refractivity contribution is 0.0584. The van der Waals surface area contributed by atoms with Crippen molar-refractivity contribution in [1.29, 1.82) is 0 Å². The number of aliphatic imine (C=N–C) groups is 1. The highest BCUT2D eigenvalue weighted by Crippen LogP contribution is 2.32. The van der Waals surface area contributed by atoms with Crippen LogP contribution in [0.25, 0.3) is 0 Å². The molecule has 0 spiro atoms. The maximum atomic E-state index is 11.8. The molecule has 1 aliphatic heterocycles. The molecule has 31 heavy (non-hydrogen) atoms. The van der Waals surface area contributed by atoms with Crippen molar-refractivity contribution >= 4 is 33.0 Å². The van der Waals surface area contributed by atoms with E-state index in [1.165, 1.54) is 6.26 Å². The van der Waals surface area contributed by atoms with E-state index in [9.17, 15) is 13.5 Å². The molecule has 0 amide bonds. The summed E-state index contributed by atoms with van der Waals surface area (Å²) >= 11 is 6.05. The number of nitrogens with zero attached hydrogens (tertiary/aromatic N) is 2. The molecule has 160 valence electrons. The van der Waals surface area contributed by atoms with E-state index in [-0.39, 0.29) is 11.4 Å². The Morgan fingerprint density at radius 2 is 1.65 bits per heavy atom. The number of aryl methyl sites for hydroxylation is 1. The van der Waals surface area contributed by atoms with Gasteiger partial charge in [-0.25, -0.2) is 13.4 Å². The Kier molecular flexibility index (Phi) is 5.88. The molecular weight excluding hydrogens is 432 g/mol. The van der Waals surface area contributed by atoms with Crippen molar-refractivity contribution in [1.82, 2.24) is 0 Å².